The highest BCUT2D eigenvalue weighted by Crippen LogP contribution is 2.24. The molecule has 0 aliphatic carbocycles. The fourth-order valence-electron chi connectivity index (χ4n) is 1.89. The highest BCUT2D eigenvalue weighted by Gasteiger charge is 2.05. The molecule has 1 rings (SSSR count). The summed E-state index contributed by atoms with van der Waals surface area (Å²) in [5, 5.41) is 0. The molecular formula is C15H22. The van der Waals surface area contributed by atoms with Crippen LogP contribution in [0.2, 0.25) is 0 Å². The van der Waals surface area contributed by atoms with Crippen LogP contribution in [0.25, 0.3) is 5.57 Å². The number of allylic oxidation sites excluding steroid dienone is 2. The lowest BCUT2D eigenvalue weighted by Gasteiger charge is -2.12. The Balaban J connectivity index is 2.98. The van der Waals surface area contributed by atoms with Crippen molar-refractivity contribution in [2.45, 2.75) is 40.5 Å². The summed E-state index contributed by atoms with van der Waals surface area (Å²) in [6, 6.07) is 8.97. The van der Waals surface area contributed by atoms with Gasteiger partial charge in [0.15, 0.2) is 0 Å². The summed E-state index contributed by atoms with van der Waals surface area (Å²) in [4.78, 5) is 0. The van der Waals surface area contributed by atoms with E-state index in [2.05, 4.69) is 65.0 Å². The first-order valence-corrected chi connectivity index (χ1v) is 5.82. The van der Waals surface area contributed by atoms with Gasteiger partial charge in [0.25, 0.3) is 0 Å². The summed E-state index contributed by atoms with van der Waals surface area (Å²) in [5.41, 5.74) is 4.21. The highest BCUT2D eigenvalue weighted by atomic mass is 14.1. The van der Waals surface area contributed by atoms with Crippen molar-refractivity contribution in [3.8, 4) is 0 Å². The summed E-state index contributed by atoms with van der Waals surface area (Å²) >= 11 is 0. The monoisotopic (exact) mass is 202 g/mol. The third-order valence-electron chi connectivity index (χ3n) is 2.84. The average molecular weight is 202 g/mol. The molecule has 1 aromatic carbocycles. The Morgan fingerprint density at radius 2 is 1.53 bits per heavy atom. The van der Waals surface area contributed by atoms with Gasteiger partial charge in [0.1, 0.15) is 0 Å². The molecule has 0 saturated carbocycles. The zero-order valence-electron chi connectivity index (χ0n) is 10.5. The van der Waals surface area contributed by atoms with E-state index in [1.54, 1.807) is 0 Å². The second kappa shape index (κ2) is 5.16. The van der Waals surface area contributed by atoms with Crippen molar-refractivity contribution in [3.05, 3.63) is 41.5 Å². The number of benzene rings is 1. The zero-order chi connectivity index (χ0) is 11.4. The smallest absolute Gasteiger partial charge is 0.0216 e. The molecular weight excluding hydrogens is 180 g/mol. The van der Waals surface area contributed by atoms with E-state index in [0.717, 1.165) is 0 Å². The maximum Gasteiger partial charge on any atom is -0.0216 e. The molecule has 0 N–H and O–H groups in total. The van der Waals surface area contributed by atoms with Gasteiger partial charge in [0, 0.05) is 0 Å². The molecule has 0 radical (unpaired) electrons. The fourth-order valence-corrected chi connectivity index (χ4v) is 1.89. The Labute approximate surface area is 94.0 Å². The lowest BCUT2D eigenvalue weighted by Crippen LogP contribution is -1.94. The van der Waals surface area contributed by atoms with Crippen LogP contribution in [-0.2, 0) is 0 Å². The van der Waals surface area contributed by atoms with E-state index < -0.39 is 0 Å². The molecule has 0 bridgehead atoms. The van der Waals surface area contributed by atoms with Crippen molar-refractivity contribution < 1.29 is 0 Å². The Hall–Kier alpha value is -1.04. The van der Waals surface area contributed by atoms with Gasteiger partial charge in [-0.2, -0.15) is 0 Å². The standard InChI is InChI=1S/C15H22/c1-6-15(12(4)5)14-9-7-13(8-10-14)11(2)3/h6-12H,1-5H3. The minimum atomic E-state index is 0.597. The van der Waals surface area contributed by atoms with E-state index in [-0.39, 0.29) is 0 Å². The van der Waals surface area contributed by atoms with Crippen LogP contribution in [0.15, 0.2) is 30.3 Å². The Kier molecular flexibility index (Phi) is 4.14. The predicted octanol–water partition coefficient (Wildman–Crippen LogP) is 4.87. The van der Waals surface area contributed by atoms with E-state index >= 15 is 0 Å². The number of rotatable bonds is 3. The molecule has 0 fully saturated rings. The third kappa shape index (κ3) is 2.95. The molecule has 0 amide bonds. The summed E-state index contributed by atoms with van der Waals surface area (Å²) in [6.45, 7) is 11.1. The highest BCUT2D eigenvalue weighted by molar-refractivity contribution is 5.66. The molecule has 0 aliphatic heterocycles. The number of hydrogen-bond acceptors (Lipinski definition) is 0. The zero-order valence-corrected chi connectivity index (χ0v) is 10.5. The van der Waals surface area contributed by atoms with Gasteiger partial charge in [-0.05, 0) is 35.5 Å². The largest absolute Gasteiger partial charge is 0.0836 e. The molecule has 0 saturated heterocycles. The van der Waals surface area contributed by atoms with Gasteiger partial charge in [-0.15, -0.1) is 0 Å². The minimum absolute atomic E-state index is 0.597. The first-order valence-electron chi connectivity index (χ1n) is 5.82. The molecule has 0 atom stereocenters. The summed E-state index contributed by atoms with van der Waals surface area (Å²) < 4.78 is 0. The van der Waals surface area contributed by atoms with Gasteiger partial charge < -0.3 is 0 Å². The van der Waals surface area contributed by atoms with Gasteiger partial charge in [0.2, 0.25) is 0 Å². The van der Waals surface area contributed by atoms with E-state index in [9.17, 15) is 0 Å². The first kappa shape index (κ1) is 12.0. The minimum Gasteiger partial charge on any atom is -0.0836 e. The van der Waals surface area contributed by atoms with Gasteiger partial charge in [-0.25, -0.2) is 0 Å². The van der Waals surface area contributed by atoms with Crippen LogP contribution in [0.1, 0.15) is 51.7 Å². The maximum atomic E-state index is 2.24. The lowest BCUT2D eigenvalue weighted by molar-refractivity contribution is 0.850. The van der Waals surface area contributed by atoms with Crippen LogP contribution in [0.5, 0.6) is 0 Å². The van der Waals surface area contributed by atoms with E-state index in [0.29, 0.717) is 11.8 Å². The molecule has 0 unspecified atom stereocenters. The van der Waals surface area contributed by atoms with Crippen molar-refractivity contribution in [2.75, 3.05) is 0 Å². The van der Waals surface area contributed by atoms with Crippen molar-refractivity contribution >= 4 is 5.57 Å². The average Bonchev–Trinajstić information content (AvgIpc) is 2.19. The predicted molar refractivity (Wildman–Crippen MR) is 69.0 cm³/mol. The fraction of sp³-hybridized carbons (Fsp3) is 0.467. The first-order chi connectivity index (χ1) is 7.06. The molecule has 0 heteroatoms. The van der Waals surface area contributed by atoms with Crippen LogP contribution in [-0.4, -0.2) is 0 Å². The molecule has 0 aromatic heterocycles. The van der Waals surface area contributed by atoms with Crippen molar-refractivity contribution in [1.82, 2.24) is 0 Å². The summed E-state index contributed by atoms with van der Waals surface area (Å²) in [5.74, 6) is 1.21. The van der Waals surface area contributed by atoms with E-state index in [1.807, 2.05) is 0 Å². The maximum absolute atomic E-state index is 2.24. The van der Waals surface area contributed by atoms with Crippen molar-refractivity contribution in [2.24, 2.45) is 5.92 Å². The van der Waals surface area contributed by atoms with Crippen LogP contribution >= 0.6 is 0 Å². The van der Waals surface area contributed by atoms with Gasteiger partial charge in [0.05, 0.1) is 0 Å². The van der Waals surface area contributed by atoms with Gasteiger partial charge in [-0.3, -0.25) is 0 Å². The Morgan fingerprint density at radius 3 is 1.87 bits per heavy atom. The van der Waals surface area contributed by atoms with Crippen molar-refractivity contribution in [3.63, 3.8) is 0 Å². The molecule has 82 valence electrons. The van der Waals surface area contributed by atoms with Crippen LogP contribution < -0.4 is 0 Å². The van der Waals surface area contributed by atoms with Crippen LogP contribution in [0.3, 0.4) is 0 Å². The Morgan fingerprint density at radius 1 is 1.00 bits per heavy atom. The number of hydrogen-bond donors (Lipinski definition) is 0. The third-order valence-corrected chi connectivity index (χ3v) is 2.84. The van der Waals surface area contributed by atoms with Crippen molar-refractivity contribution in [1.29, 1.82) is 0 Å². The Bertz CT molecular complexity index is 326. The normalized spacial score (nSPS) is 12.6. The van der Waals surface area contributed by atoms with E-state index in [4.69, 9.17) is 0 Å². The molecule has 0 nitrogen and oxygen atoms in total. The second-order valence-corrected chi connectivity index (χ2v) is 4.68. The molecule has 0 heterocycles. The van der Waals surface area contributed by atoms with Crippen LogP contribution in [0, 0.1) is 5.92 Å². The topological polar surface area (TPSA) is 0 Å². The second-order valence-electron chi connectivity index (χ2n) is 4.68. The molecule has 1 aromatic rings. The molecule has 15 heavy (non-hydrogen) atoms. The van der Waals surface area contributed by atoms with E-state index in [1.165, 1.54) is 16.7 Å². The van der Waals surface area contributed by atoms with Gasteiger partial charge in [-0.1, -0.05) is 58.0 Å². The summed E-state index contributed by atoms with van der Waals surface area (Å²) in [7, 11) is 0. The molecule has 0 spiro atoms. The lowest BCUT2D eigenvalue weighted by atomic mass is 9.93. The van der Waals surface area contributed by atoms with Gasteiger partial charge >= 0.3 is 0 Å². The quantitative estimate of drug-likeness (QED) is 0.656. The SMILES string of the molecule is CC=C(c1ccc(C(C)C)cc1)C(C)C. The summed E-state index contributed by atoms with van der Waals surface area (Å²) in [6.07, 6.45) is 2.22. The molecule has 0 aliphatic rings. The van der Waals surface area contributed by atoms with Crippen LogP contribution in [0.4, 0.5) is 0 Å².